The van der Waals surface area contributed by atoms with Crippen molar-refractivity contribution < 1.29 is 0 Å². The lowest BCUT2D eigenvalue weighted by atomic mass is 10.2. The molecule has 0 saturated carbocycles. The molecule has 2 heterocycles. The molecule has 0 aliphatic carbocycles. The van der Waals surface area contributed by atoms with Gasteiger partial charge >= 0.3 is 0 Å². The molecule has 0 aliphatic rings. The molecule has 4 heteroatoms. The topological polar surface area (TPSA) is 30.7 Å². The zero-order chi connectivity index (χ0) is 13.5. The Morgan fingerprint density at radius 3 is 2.45 bits per heavy atom. The number of pyridine rings is 1. The van der Waals surface area contributed by atoms with E-state index in [1.165, 1.54) is 0 Å². The molecule has 2 aromatic heterocycles. The smallest absolute Gasteiger partial charge is 0.170 e. The van der Waals surface area contributed by atoms with E-state index in [2.05, 4.69) is 45.4 Å². The molecule has 0 aliphatic heterocycles. The van der Waals surface area contributed by atoms with E-state index in [1.807, 2.05) is 36.4 Å². The Kier molecular flexibility index (Phi) is 2.50. The molecule has 2 aromatic carbocycles. The molecule has 0 fully saturated rings. The number of rotatable bonds is 1. The number of benzene rings is 2. The fourth-order valence-corrected chi connectivity index (χ4v) is 2.84. The largest absolute Gasteiger partial charge is 0.287 e. The van der Waals surface area contributed by atoms with Gasteiger partial charge in [-0.05, 0) is 18.2 Å². The fraction of sp³-hybridized carbons (Fsp3) is 0. The summed E-state index contributed by atoms with van der Waals surface area (Å²) in [5.74, 6) is 0. The Balaban J connectivity index is 2.20. The second-order valence-corrected chi connectivity index (χ2v) is 4.99. The molecular weight excluding hydrogens is 266 g/mol. The van der Waals surface area contributed by atoms with Crippen LogP contribution in [0.15, 0.2) is 66.0 Å². The van der Waals surface area contributed by atoms with Crippen LogP contribution in [-0.4, -0.2) is 14.5 Å². The highest BCUT2D eigenvalue weighted by molar-refractivity contribution is 7.80. The number of aromatic nitrogens is 3. The minimum absolute atomic E-state index is 0.671. The van der Waals surface area contributed by atoms with Crippen molar-refractivity contribution in [2.24, 2.45) is 0 Å². The first-order valence-corrected chi connectivity index (χ1v) is 6.80. The first-order valence-electron chi connectivity index (χ1n) is 6.35. The van der Waals surface area contributed by atoms with Crippen LogP contribution < -0.4 is 0 Å². The van der Waals surface area contributed by atoms with Gasteiger partial charge in [-0.2, -0.15) is 0 Å². The molecule has 4 rings (SSSR count). The quantitative estimate of drug-likeness (QED) is 0.535. The van der Waals surface area contributed by atoms with E-state index in [0.29, 0.717) is 5.16 Å². The molecule has 0 amide bonds. The molecule has 0 spiro atoms. The van der Waals surface area contributed by atoms with E-state index in [1.54, 1.807) is 6.20 Å². The summed E-state index contributed by atoms with van der Waals surface area (Å²) in [4.78, 5) is 8.95. The van der Waals surface area contributed by atoms with Gasteiger partial charge in [-0.25, -0.2) is 4.98 Å². The molecule has 0 bridgehead atoms. The average molecular weight is 277 g/mol. The summed E-state index contributed by atoms with van der Waals surface area (Å²) in [6.07, 6.45) is 1.80. The van der Waals surface area contributed by atoms with Crippen molar-refractivity contribution in [3.8, 4) is 5.69 Å². The number of hydrogen-bond donors (Lipinski definition) is 1. The second-order valence-electron chi connectivity index (χ2n) is 4.59. The summed E-state index contributed by atoms with van der Waals surface area (Å²) in [6, 6.07) is 18.2. The number of nitrogens with zero attached hydrogens (tertiary/aromatic N) is 3. The van der Waals surface area contributed by atoms with E-state index in [4.69, 9.17) is 0 Å². The molecule has 0 saturated heterocycles. The van der Waals surface area contributed by atoms with Crippen molar-refractivity contribution in [1.82, 2.24) is 14.5 Å². The highest BCUT2D eigenvalue weighted by Crippen LogP contribution is 2.28. The molecule has 0 atom stereocenters. The van der Waals surface area contributed by atoms with Gasteiger partial charge in [-0.3, -0.25) is 9.55 Å². The zero-order valence-corrected chi connectivity index (χ0v) is 11.5. The Hall–Kier alpha value is -2.33. The van der Waals surface area contributed by atoms with Crippen LogP contribution >= 0.6 is 12.6 Å². The third-order valence-corrected chi connectivity index (χ3v) is 3.69. The van der Waals surface area contributed by atoms with Crippen molar-refractivity contribution in [1.29, 1.82) is 0 Å². The molecule has 3 nitrogen and oxygen atoms in total. The first-order chi connectivity index (χ1) is 9.84. The average Bonchev–Trinajstić information content (AvgIpc) is 2.84. The Morgan fingerprint density at radius 2 is 1.60 bits per heavy atom. The van der Waals surface area contributed by atoms with Gasteiger partial charge in [0, 0.05) is 11.1 Å². The van der Waals surface area contributed by atoms with E-state index >= 15 is 0 Å². The summed E-state index contributed by atoms with van der Waals surface area (Å²) in [5, 5.41) is 1.76. The highest BCUT2D eigenvalue weighted by atomic mass is 32.1. The highest BCUT2D eigenvalue weighted by Gasteiger charge is 2.13. The zero-order valence-electron chi connectivity index (χ0n) is 10.6. The van der Waals surface area contributed by atoms with Crippen molar-refractivity contribution in [3.05, 3.63) is 60.8 Å². The summed E-state index contributed by atoms with van der Waals surface area (Å²) >= 11 is 4.52. The van der Waals surface area contributed by atoms with Gasteiger partial charge in [0.2, 0.25) is 0 Å². The Labute approximate surface area is 121 Å². The lowest BCUT2D eigenvalue weighted by Gasteiger charge is -2.07. The van der Waals surface area contributed by atoms with Gasteiger partial charge in [0.05, 0.1) is 17.2 Å². The van der Waals surface area contributed by atoms with Crippen LogP contribution in [0.3, 0.4) is 0 Å². The van der Waals surface area contributed by atoms with Crippen molar-refractivity contribution in [2.45, 2.75) is 5.16 Å². The van der Waals surface area contributed by atoms with Crippen LogP contribution in [0.5, 0.6) is 0 Å². The number of thiol groups is 1. The summed E-state index contributed by atoms with van der Waals surface area (Å²) < 4.78 is 2.06. The molecule has 0 N–H and O–H groups in total. The maximum Gasteiger partial charge on any atom is 0.170 e. The van der Waals surface area contributed by atoms with Crippen LogP contribution in [0, 0.1) is 0 Å². The minimum Gasteiger partial charge on any atom is -0.287 e. The predicted octanol–water partition coefficient (Wildman–Crippen LogP) is 3.86. The van der Waals surface area contributed by atoms with Gasteiger partial charge in [0.15, 0.2) is 5.16 Å². The second kappa shape index (κ2) is 4.35. The maximum absolute atomic E-state index is 4.52. The van der Waals surface area contributed by atoms with Crippen molar-refractivity contribution in [2.75, 3.05) is 0 Å². The monoisotopic (exact) mass is 277 g/mol. The summed E-state index contributed by atoms with van der Waals surface area (Å²) in [5.41, 5.74) is 3.92. The van der Waals surface area contributed by atoms with Crippen molar-refractivity contribution >= 4 is 34.6 Å². The number of hydrogen-bond acceptors (Lipinski definition) is 3. The van der Waals surface area contributed by atoms with E-state index < -0.39 is 0 Å². The molecule has 0 radical (unpaired) electrons. The molecule has 0 unspecified atom stereocenters. The standard InChI is InChI=1S/C16H11N3S/c20-16-18-14-10-17-13-9-5-4-8-12(13)15(14)19(16)11-6-2-1-3-7-11/h1-10H,(H,18,20). The van der Waals surface area contributed by atoms with E-state index in [-0.39, 0.29) is 0 Å². The van der Waals surface area contributed by atoms with E-state index in [0.717, 1.165) is 27.6 Å². The SMILES string of the molecule is Sc1nc2cnc3ccccc3c2n1-c1ccccc1. The molecule has 96 valence electrons. The predicted molar refractivity (Wildman–Crippen MR) is 83.6 cm³/mol. The van der Waals surface area contributed by atoms with Gasteiger partial charge in [-0.1, -0.05) is 36.4 Å². The van der Waals surface area contributed by atoms with Crippen LogP contribution in [-0.2, 0) is 0 Å². The van der Waals surface area contributed by atoms with Gasteiger partial charge in [0.25, 0.3) is 0 Å². The summed E-state index contributed by atoms with van der Waals surface area (Å²) in [6.45, 7) is 0. The van der Waals surface area contributed by atoms with Crippen LogP contribution in [0.25, 0.3) is 27.6 Å². The number of para-hydroxylation sites is 2. The lowest BCUT2D eigenvalue weighted by Crippen LogP contribution is -1.95. The normalized spacial score (nSPS) is 11.2. The van der Waals surface area contributed by atoms with Gasteiger partial charge in [-0.15, -0.1) is 12.6 Å². The van der Waals surface area contributed by atoms with Crippen molar-refractivity contribution in [3.63, 3.8) is 0 Å². The fourth-order valence-electron chi connectivity index (χ4n) is 2.51. The Morgan fingerprint density at radius 1 is 0.850 bits per heavy atom. The summed E-state index contributed by atoms with van der Waals surface area (Å²) in [7, 11) is 0. The minimum atomic E-state index is 0.671. The molecule has 20 heavy (non-hydrogen) atoms. The van der Waals surface area contributed by atoms with Crippen LogP contribution in [0.2, 0.25) is 0 Å². The first kappa shape index (κ1) is 11.5. The van der Waals surface area contributed by atoms with Crippen LogP contribution in [0.4, 0.5) is 0 Å². The Bertz CT molecular complexity index is 913. The van der Waals surface area contributed by atoms with Gasteiger partial charge < -0.3 is 0 Å². The molecule has 4 aromatic rings. The maximum atomic E-state index is 4.52. The third kappa shape index (κ3) is 1.62. The molecular formula is C16H11N3S. The number of imidazole rings is 1. The van der Waals surface area contributed by atoms with E-state index in [9.17, 15) is 0 Å². The van der Waals surface area contributed by atoms with Crippen LogP contribution in [0.1, 0.15) is 0 Å². The lowest BCUT2D eigenvalue weighted by molar-refractivity contribution is 0.928. The third-order valence-electron chi connectivity index (χ3n) is 3.39. The van der Waals surface area contributed by atoms with Gasteiger partial charge in [0.1, 0.15) is 5.52 Å². The number of fused-ring (bicyclic) bond motifs is 3.